The van der Waals surface area contributed by atoms with E-state index in [2.05, 4.69) is 15.9 Å². The maximum absolute atomic E-state index is 11.8. The largest absolute Gasteiger partial charge is 0.490 e. The number of hydrogen-bond donors (Lipinski definition) is 0. The molecular weight excluding hydrogens is 404 g/mol. The molecule has 4 nitrogen and oxygen atoms in total. The SMILES string of the molecule is O=c1cc(CSc2ccc3c(c2)OCCCO3)c2ccc(Br)cc2o1. The van der Waals surface area contributed by atoms with Crippen LogP contribution in [0.1, 0.15) is 12.0 Å². The summed E-state index contributed by atoms with van der Waals surface area (Å²) >= 11 is 5.06. The number of ether oxygens (including phenoxy) is 2. The normalized spacial score (nSPS) is 13.6. The summed E-state index contributed by atoms with van der Waals surface area (Å²) in [5.41, 5.74) is 1.21. The fourth-order valence-electron chi connectivity index (χ4n) is 2.72. The zero-order valence-corrected chi connectivity index (χ0v) is 15.7. The Morgan fingerprint density at radius 1 is 1.00 bits per heavy atom. The maximum Gasteiger partial charge on any atom is 0.336 e. The van der Waals surface area contributed by atoms with Gasteiger partial charge in [0.2, 0.25) is 0 Å². The van der Waals surface area contributed by atoms with Gasteiger partial charge in [-0.25, -0.2) is 4.79 Å². The Bertz CT molecular complexity index is 983. The molecule has 0 saturated heterocycles. The lowest BCUT2D eigenvalue weighted by molar-refractivity contribution is 0.297. The second kappa shape index (κ2) is 7.14. The van der Waals surface area contributed by atoms with E-state index in [1.165, 1.54) is 0 Å². The molecule has 1 aromatic heterocycles. The summed E-state index contributed by atoms with van der Waals surface area (Å²) in [5.74, 6) is 2.24. The van der Waals surface area contributed by atoms with Crippen molar-refractivity contribution in [3.05, 3.63) is 62.9 Å². The fraction of sp³-hybridized carbons (Fsp3) is 0.211. The number of fused-ring (bicyclic) bond motifs is 2. The average Bonchev–Trinajstić information content (AvgIpc) is 2.84. The lowest BCUT2D eigenvalue weighted by Crippen LogP contribution is -1.99. The lowest BCUT2D eigenvalue weighted by atomic mass is 10.1. The Kier molecular flexibility index (Phi) is 4.72. The number of benzene rings is 2. The van der Waals surface area contributed by atoms with E-state index in [9.17, 15) is 4.79 Å². The summed E-state index contributed by atoms with van der Waals surface area (Å²) in [6.45, 7) is 1.35. The van der Waals surface area contributed by atoms with Gasteiger partial charge in [-0.05, 0) is 42.0 Å². The molecule has 0 radical (unpaired) electrons. The van der Waals surface area contributed by atoms with Crippen molar-refractivity contribution in [1.82, 2.24) is 0 Å². The first kappa shape index (κ1) is 16.5. The average molecular weight is 419 g/mol. The zero-order chi connectivity index (χ0) is 17.2. The summed E-state index contributed by atoms with van der Waals surface area (Å²) in [7, 11) is 0. The highest BCUT2D eigenvalue weighted by atomic mass is 79.9. The molecule has 0 fully saturated rings. The highest BCUT2D eigenvalue weighted by Gasteiger charge is 2.12. The van der Waals surface area contributed by atoms with Gasteiger partial charge in [-0.1, -0.05) is 15.9 Å². The number of rotatable bonds is 3. The Morgan fingerprint density at radius 2 is 1.84 bits per heavy atom. The molecule has 2 aromatic carbocycles. The van der Waals surface area contributed by atoms with Crippen LogP contribution in [-0.2, 0) is 5.75 Å². The van der Waals surface area contributed by atoms with Gasteiger partial charge in [0, 0.05) is 33.0 Å². The monoisotopic (exact) mass is 418 g/mol. The molecule has 0 N–H and O–H groups in total. The van der Waals surface area contributed by atoms with Crippen LogP contribution in [0.15, 0.2) is 61.0 Å². The van der Waals surface area contributed by atoms with Crippen LogP contribution in [0.5, 0.6) is 11.5 Å². The van der Waals surface area contributed by atoms with E-state index in [1.807, 2.05) is 36.4 Å². The molecule has 0 aliphatic carbocycles. The predicted molar refractivity (Wildman–Crippen MR) is 102 cm³/mol. The molecule has 0 bridgehead atoms. The van der Waals surface area contributed by atoms with Gasteiger partial charge < -0.3 is 13.9 Å². The molecule has 6 heteroatoms. The Labute approximate surface area is 157 Å². The van der Waals surface area contributed by atoms with Crippen LogP contribution >= 0.6 is 27.7 Å². The minimum absolute atomic E-state index is 0.333. The Balaban J connectivity index is 1.60. The molecule has 2 heterocycles. The predicted octanol–water partition coefficient (Wildman–Crippen LogP) is 5.01. The van der Waals surface area contributed by atoms with E-state index in [0.717, 1.165) is 38.2 Å². The summed E-state index contributed by atoms with van der Waals surface area (Å²) in [6, 6.07) is 13.2. The number of hydrogen-bond acceptors (Lipinski definition) is 5. The van der Waals surface area contributed by atoms with E-state index in [4.69, 9.17) is 13.9 Å². The van der Waals surface area contributed by atoms with Gasteiger partial charge in [0.1, 0.15) is 5.58 Å². The molecule has 0 amide bonds. The van der Waals surface area contributed by atoms with Crippen molar-refractivity contribution in [2.75, 3.05) is 13.2 Å². The van der Waals surface area contributed by atoms with Crippen LogP contribution in [0.2, 0.25) is 0 Å². The van der Waals surface area contributed by atoms with E-state index < -0.39 is 0 Å². The van der Waals surface area contributed by atoms with Crippen LogP contribution in [0, 0.1) is 0 Å². The van der Waals surface area contributed by atoms with Crippen molar-refractivity contribution >= 4 is 38.7 Å². The highest BCUT2D eigenvalue weighted by Crippen LogP contribution is 2.35. The molecule has 0 spiro atoms. The van der Waals surface area contributed by atoms with Gasteiger partial charge in [-0.15, -0.1) is 11.8 Å². The molecule has 0 atom stereocenters. The fourth-order valence-corrected chi connectivity index (χ4v) is 3.97. The van der Waals surface area contributed by atoms with Crippen LogP contribution in [0.4, 0.5) is 0 Å². The topological polar surface area (TPSA) is 48.7 Å². The van der Waals surface area contributed by atoms with E-state index in [-0.39, 0.29) is 5.63 Å². The summed E-state index contributed by atoms with van der Waals surface area (Å²) in [4.78, 5) is 12.9. The highest BCUT2D eigenvalue weighted by molar-refractivity contribution is 9.10. The minimum atomic E-state index is -0.333. The first-order valence-electron chi connectivity index (χ1n) is 7.94. The third kappa shape index (κ3) is 3.70. The van der Waals surface area contributed by atoms with Gasteiger partial charge in [0.05, 0.1) is 13.2 Å². The standard InChI is InChI=1S/C19H15BrO4S/c20-13-2-4-15-12(8-19(21)24-17(15)9-13)11-25-14-3-5-16-18(10-14)23-7-1-6-22-16/h2-5,8-10H,1,6-7,11H2. The summed E-state index contributed by atoms with van der Waals surface area (Å²) < 4.78 is 17.6. The minimum Gasteiger partial charge on any atom is -0.490 e. The summed E-state index contributed by atoms with van der Waals surface area (Å²) in [5, 5.41) is 0.949. The molecule has 0 saturated carbocycles. The van der Waals surface area contributed by atoms with Crippen molar-refractivity contribution in [3.8, 4) is 11.5 Å². The molecule has 4 rings (SSSR count). The molecular formula is C19H15BrO4S. The molecule has 1 aliphatic rings. The molecule has 3 aromatic rings. The first-order valence-corrected chi connectivity index (χ1v) is 9.72. The van der Waals surface area contributed by atoms with Crippen molar-refractivity contribution in [2.24, 2.45) is 0 Å². The lowest BCUT2D eigenvalue weighted by Gasteiger charge is -2.10. The number of halogens is 1. The molecule has 25 heavy (non-hydrogen) atoms. The van der Waals surface area contributed by atoms with Crippen molar-refractivity contribution < 1.29 is 13.9 Å². The van der Waals surface area contributed by atoms with Gasteiger partial charge in [0.25, 0.3) is 0 Å². The maximum atomic E-state index is 11.8. The van der Waals surface area contributed by atoms with Gasteiger partial charge in [-0.3, -0.25) is 0 Å². The first-order chi connectivity index (χ1) is 12.2. The van der Waals surface area contributed by atoms with Crippen molar-refractivity contribution in [1.29, 1.82) is 0 Å². The third-order valence-electron chi connectivity index (χ3n) is 3.91. The smallest absolute Gasteiger partial charge is 0.336 e. The van der Waals surface area contributed by atoms with Gasteiger partial charge in [0.15, 0.2) is 11.5 Å². The molecule has 1 aliphatic heterocycles. The van der Waals surface area contributed by atoms with Crippen LogP contribution in [0.25, 0.3) is 11.0 Å². The molecule has 128 valence electrons. The quantitative estimate of drug-likeness (QED) is 0.441. The number of thioether (sulfide) groups is 1. The molecule has 0 unspecified atom stereocenters. The second-order valence-corrected chi connectivity index (χ2v) is 7.64. The van der Waals surface area contributed by atoms with Crippen LogP contribution in [0.3, 0.4) is 0 Å². The van der Waals surface area contributed by atoms with E-state index >= 15 is 0 Å². The third-order valence-corrected chi connectivity index (χ3v) is 5.44. The van der Waals surface area contributed by atoms with Gasteiger partial charge >= 0.3 is 5.63 Å². The van der Waals surface area contributed by atoms with Gasteiger partial charge in [-0.2, -0.15) is 0 Å². The zero-order valence-electron chi connectivity index (χ0n) is 13.3. The summed E-state index contributed by atoms with van der Waals surface area (Å²) in [6.07, 6.45) is 0.887. The van der Waals surface area contributed by atoms with E-state index in [0.29, 0.717) is 24.5 Å². The Hall–Kier alpha value is -1.92. The van der Waals surface area contributed by atoms with E-state index in [1.54, 1.807) is 17.8 Å². The Morgan fingerprint density at radius 3 is 2.72 bits per heavy atom. The van der Waals surface area contributed by atoms with Crippen molar-refractivity contribution in [2.45, 2.75) is 17.1 Å². The van der Waals surface area contributed by atoms with Crippen LogP contribution in [-0.4, -0.2) is 13.2 Å². The second-order valence-electron chi connectivity index (χ2n) is 5.68. The van der Waals surface area contributed by atoms with Crippen LogP contribution < -0.4 is 15.1 Å². The van der Waals surface area contributed by atoms with Crippen molar-refractivity contribution in [3.63, 3.8) is 0 Å².